The van der Waals surface area contributed by atoms with Gasteiger partial charge in [0.15, 0.2) is 0 Å². The summed E-state index contributed by atoms with van der Waals surface area (Å²) in [4.78, 5) is -0.0968. The lowest BCUT2D eigenvalue weighted by Gasteiger charge is -2.25. The number of hydrogen-bond donors (Lipinski definition) is 2. The van der Waals surface area contributed by atoms with E-state index in [2.05, 4.69) is 5.32 Å². The van der Waals surface area contributed by atoms with Gasteiger partial charge in [-0.1, -0.05) is 11.6 Å². The molecule has 106 valence electrons. The SMILES string of the molecule is CN([C@H]1CNC[C@@H]1O)S(=O)(=O)c1ccc(F)c(Cl)c1. The number of halogens is 2. The Balaban J connectivity index is 2.33. The molecule has 2 atom stereocenters. The van der Waals surface area contributed by atoms with Crippen molar-refractivity contribution in [2.75, 3.05) is 20.1 Å². The lowest BCUT2D eigenvalue weighted by Crippen LogP contribution is -2.44. The van der Waals surface area contributed by atoms with Crippen molar-refractivity contribution in [3.8, 4) is 0 Å². The van der Waals surface area contributed by atoms with Crippen LogP contribution in [-0.4, -0.2) is 50.1 Å². The minimum atomic E-state index is -3.81. The summed E-state index contributed by atoms with van der Waals surface area (Å²) < 4.78 is 38.8. The Hall–Kier alpha value is -0.730. The van der Waals surface area contributed by atoms with E-state index in [9.17, 15) is 17.9 Å². The predicted molar refractivity (Wildman–Crippen MR) is 69.0 cm³/mol. The van der Waals surface area contributed by atoms with Crippen molar-refractivity contribution in [2.45, 2.75) is 17.0 Å². The first-order valence-corrected chi connectivity index (χ1v) is 7.47. The lowest BCUT2D eigenvalue weighted by atomic mass is 10.2. The van der Waals surface area contributed by atoms with Crippen LogP contribution < -0.4 is 5.32 Å². The molecule has 8 heteroatoms. The van der Waals surface area contributed by atoms with Crippen LogP contribution in [0.25, 0.3) is 0 Å². The quantitative estimate of drug-likeness (QED) is 0.850. The molecule has 0 aromatic heterocycles. The van der Waals surface area contributed by atoms with Gasteiger partial charge in [0.2, 0.25) is 10.0 Å². The molecule has 5 nitrogen and oxygen atoms in total. The van der Waals surface area contributed by atoms with Crippen LogP contribution in [0.4, 0.5) is 4.39 Å². The normalized spacial score (nSPS) is 24.1. The summed E-state index contributed by atoms with van der Waals surface area (Å²) in [6.07, 6.45) is -0.768. The zero-order valence-corrected chi connectivity index (χ0v) is 11.7. The van der Waals surface area contributed by atoms with E-state index in [0.29, 0.717) is 13.1 Å². The first-order valence-electron chi connectivity index (χ1n) is 5.66. The molecule has 0 unspecified atom stereocenters. The van der Waals surface area contributed by atoms with Crippen LogP contribution in [-0.2, 0) is 10.0 Å². The Labute approximate surface area is 116 Å². The number of aliphatic hydroxyl groups excluding tert-OH is 1. The van der Waals surface area contributed by atoms with Crippen molar-refractivity contribution in [3.05, 3.63) is 29.0 Å². The van der Waals surface area contributed by atoms with E-state index in [1.165, 1.54) is 7.05 Å². The summed E-state index contributed by atoms with van der Waals surface area (Å²) in [7, 11) is -2.43. The molecular weight excluding hydrogens is 295 g/mol. The molecule has 1 aromatic rings. The Morgan fingerprint density at radius 3 is 2.68 bits per heavy atom. The summed E-state index contributed by atoms with van der Waals surface area (Å²) in [5.41, 5.74) is 0. The molecule has 0 amide bonds. The minimum Gasteiger partial charge on any atom is -0.390 e. The van der Waals surface area contributed by atoms with E-state index < -0.39 is 28.0 Å². The van der Waals surface area contributed by atoms with Crippen LogP contribution in [0.15, 0.2) is 23.1 Å². The van der Waals surface area contributed by atoms with Crippen molar-refractivity contribution in [1.82, 2.24) is 9.62 Å². The summed E-state index contributed by atoms with van der Waals surface area (Å²) in [5, 5.41) is 12.4. The first-order chi connectivity index (χ1) is 8.84. The maximum atomic E-state index is 13.1. The Kier molecular flexibility index (Phi) is 4.12. The summed E-state index contributed by atoms with van der Waals surface area (Å²) in [5.74, 6) is -0.675. The largest absolute Gasteiger partial charge is 0.390 e. The van der Waals surface area contributed by atoms with Gasteiger partial charge in [0.05, 0.1) is 22.1 Å². The first kappa shape index (κ1) is 14.7. The second kappa shape index (κ2) is 5.34. The Morgan fingerprint density at radius 2 is 2.16 bits per heavy atom. The number of sulfonamides is 1. The molecule has 1 heterocycles. The number of rotatable bonds is 3. The van der Waals surface area contributed by atoms with Crippen LogP contribution in [0.1, 0.15) is 0 Å². The Morgan fingerprint density at radius 1 is 1.47 bits per heavy atom. The van der Waals surface area contributed by atoms with Gasteiger partial charge in [0.25, 0.3) is 0 Å². The summed E-state index contributed by atoms with van der Waals surface area (Å²) in [6.45, 7) is 0.709. The number of likely N-dealkylation sites (N-methyl/N-ethyl adjacent to an activating group) is 1. The van der Waals surface area contributed by atoms with Crippen LogP contribution in [0, 0.1) is 5.82 Å². The highest BCUT2D eigenvalue weighted by atomic mass is 35.5. The van der Waals surface area contributed by atoms with E-state index in [1.807, 2.05) is 0 Å². The fourth-order valence-corrected chi connectivity index (χ4v) is 3.66. The highest BCUT2D eigenvalue weighted by Gasteiger charge is 2.35. The van der Waals surface area contributed by atoms with Gasteiger partial charge in [-0.25, -0.2) is 12.8 Å². The third-order valence-corrected chi connectivity index (χ3v) is 5.35. The maximum Gasteiger partial charge on any atom is 0.243 e. The van der Waals surface area contributed by atoms with Crippen molar-refractivity contribution in [2.24, 2.45) is 0 Å². The van der Waals surface area contributed by atoms with Gasteiger partial charge in [-0.15, -0.1) is 0 Å². The molecule has 1 aromatic carbocycles. The fraction of sp³-hybridized carbons (Fsp3) is 0.455. The zero-order chi connectivity index (χ0) is 14.2. The van der Waals surface area contributed by atoms with Crippen LogP contribution in [0.5, 0.6) is 0 Å². The monoisotopic (exact) mass is 308 g/mol. The summed E-state index contributed by atoms with van der Waals surface area (Å²) >= 11 is 5.59. The molecule has 2 rings (SSSR count). The van der Waals surface area contributed by atoms with E-state index in [0.717, 1.165) is 22.5 Å². The van der Waals surface area contributed by atoms with Crippen molar-refractivity contribution in [1.29, 1.82) is 0 Å². The molecule has 0 aliphatic carbocycles. The summed E-state index contributed by atoms with van der Waals surface area (Å²) in [6, 6.07) is 2.68. The molecular formula is C11H14ClFN2O3S. The van der Waals surface area contributed by atoms with Gasteiger partial charge in [-0.05, 0) is 18.2 Å². The number of aliphatic hydroxyl groups is 1. The minimum absolute atomic E-state index is 0.0968. The molecule has 1 fully saturated rings. The highest BCUT2D eigenvalue weighted by molar-refractivity contribution is 7.89. The molecule has 0 radical (unpaired) electrons. The number of nitrogens with one attached hydrogen (secondary N) is 1. The fourth-order valence-electron chi connectivity index (χ4n) is 2.00. The molecule has 1 saturated heterocycles. The lowest BCUT2D eigenvalue weighted by molar-refractivity contribution is 0.136. The molecule has 1 aliphatic heterocycles. The molecule has 0 saturated carbocycles. The third-order valence-electron chi connectivity index (χ3n) is 3.19. The van der Waals surface area contributed by atoms with E-state index in [-0.39, 0.29) is 9.92 Å². The average molecular weight is 309 g/mol. The van der Waals surface area contributed by atoms with Crippen molar-refractivity contribution < 1.29 is 17.9 Å². The van der Waals surface area contributed by atoms with Gasteiger partial charge >= 0.3 is 0 Å². The maximum absolute atomic E-state index is 13.1. The number of β-amino-alcohol motifs (C(OH)–C–C–N with tert-alkyl or cyclic N) is 1. The molecule has 19 heavy (non-hydrogen) atoms. The van der Waals surface area contributed by atoms with E-state index in [1.54, 1.807) is 0 Å². The van der Waals surface area contributed by atoms with Gasteiger partial charge in [-0.2, -0.15) is 4.31 Å². The van der Waals surface area contributed by atoms with Crippen molar-refractivity contribution >= 4 is 21.6 Å². The van der Waals surface area contributed by atoms with Crippen LogP contribution >= 0.6 is 11.6 Å². The average Bonchev–Trinajstić information content (AvgIpc) is 2.77. The van der Waals surface area contributed by atoms with Crippen molar-refractivity contribution in [3.63, 3.8) is 0 Å². The van der Waals surface area contributed by atoms with E-state index >= 15 is 0 Å². The van der Waals surface area contributed by atoms with Crippen LogP contribution in [0.3, 0.4) is 0 Å². The topological polar surface area (TPSA) is 69.6 Å². The number of nitrogens with zero attached hydrogens (tertiary/aromatic N) is 1. The number of hydrogen-bond acceptors (Lipinski definition) is 4. The standard InChI is InChI=1S/C11H14ClFN2O3S/c1-15(10-5-14-6-11(10)16)19(17,18)7-2-3-9(13)8(12)4-7/h2-4,10-11,14,16H,5-6H2,1H3/t10-,11-/m0/s1. The van der Waals surface area contributed by atoms with Gasteiger partial charge in [-0.3, -0.25) is 0 Å². The zero-order valence-electron chi connectivity index (χ0n) is 10.2. The second-order valence-electron chi connectivity index (χ2n) is 4.39. The third kappa shape index (κ3) is 2.75. The van der Waals surface area contributed by atoms with Gasteiger partial charge in [0, 0.05) is 20.1 Å². The molecule has 2 N–H and O–H groups in total. The highest BCUT2D eigenvalue weighted by Crippen LogP contribution is 2.24. The van der Waals surface area contributed by atoms with E-state index in [4.69, 9.17) is 11.6 Å². The Bertz CT molecular complexity index is 581. The van der Waals surface area contributed by atoms with Gasteiger partial charge < -0.3 is 10.4 Å². The van der Waals surface area contributed by atoms with Crippen LogP contribution in [0.2, 0.25) is 5.02 Å². The number of benzene rings is 1. The predicted octanol–water partition coefficient (Wildman–Crippen LogP) is 0.432. The molecule has 0 bridgehead atoms. The smallest absolute Gasteiger partial charge is 0.243 e. The molecule has 0 spiro atoms. The second-order valence-corrected chi connectivity index (χ2v) is 6.79. The molecule has 1 aliphatic rings. The van der Waals surface area contributed by atoms with Gasteiger partial charge in [0.1, 0.15) is 5.82 Å².